The van der Waals surface area contributed by atoms with Crippen LogP contribution in [0, 0.1) is 5.92 Å². The van der Waals surface area contributed by atoms with E-state index in [-0.39, 0.29) is 12.3 Å². The summed E-state index contributed by atoms with van der Waals surface area (Å²) in [6.45, 7) is 2.66. The third kappa shape index (κ3) is 4.59. The molecule has 176 valence electrons. The van der Waals surface area contributed by atoms with E-state index < -0.39 is 12.0 Å². The van der Waals surface area contributed by atoms with Crippen LogP contribution in [0.15, 0.2) is 45.6 Å². The molecule has 1 saturated carbocycles. The molecule has 1 aromatic rings. The first-order chi connectivity index (χ1) is 16.0. The van der Waals surface area contributed by atoms with Crippen LogP contribution in [-0.2, 0) is 14.3 Å². The van der Waals surface area contributed by atoms with Gasteiger partial charge in [-0.1, -0.05) is 30.8 Å². The van der Waals surface area contributed by atoms with Crippen molar-refractivity contribution in [1.82, 2.24) is 10.2 Å². The van der Waals surface area contributed by atoms with Crippen molar-refractivity contribution >= 4 is 28.8 Å². The number of esters is 1. The Labute approximate surface area is 198 Å². The molecular formula is C24H29N3O5S. The Morgan fingerprint density at radius 3 is 2.64 bits per heavy atom. The summed E-state index contributed by atoms with van der Waals surface area (Å²) in [4.78, 5) is 32.4. The van der Waals surface area contributed by atoms with Crippen LogP contribution in [-0.4, -0.2) is 49.8 Å². The molecule has 9 heteroatoms. The van der Waals surface area contributed by atoms with Crippen molar-refractivity contribution in [2.24, 2.45) is 10.9 Å². The summed E-state index contributed by atoms with van der Waals surface area (Å²) in [5, 5.41) is 5.68. The molecule has 8 nitrogen and oxygen atoms in total. The summed E-state index contributed by atoms with van der Waals surface area (Å²) in [6.07, 6.45) is 3.10. The zero-order valence-electron chi connectivity index (χ0n) is 19.3. The predicted molar refractivity (Wildman–Crippen MR) is 127 cm³/mol. The maximum atomic E-state index is 13.0. The van der Waals surface area contributed by atoms with Gasteiger partial charge in [-0.2, -0.15) is 0 Å². The van der Waals surface area contributed by atoms with Gasteiger partial charge in [0.1, 0.15) is 0 Å². The molecule has 0 bridgehead atoms. The lowest BCUT2D eigenvalue weighted by Crippen LogP contribution is -2.38. The summed E-state index contributed by atoms with van der Waals surface area (Å²) < 4.78 is 16.4. The van der Waals surface area contributed by atoms with Gasteiger partial charge in [0, 0.05) is 17.8 Å². The first-order valence-corrected chi connectivity index (χ1v) is 11.9. The molecule has 2 heterocycles. The molecule has 33 heavy (non-hydrogen) atoms. The SMILES string of the molecule is CCC1=C(C(=O)OC)[C@@H](c2cccc(OC)c2OC)N2C(CC(=O)NCC3CC3)=CSC2=N1. The Hall–Kier alpha value is -2.94. The lowest BCUT2D eigenvalue weighted by Gasteiger charge is -2.37. The molecule has 0 aromatic heterocycles. The fourth-order valence-electron chi connectivity index (χ4n) is 4.14. The predicted octanol–water partition coefficient (Wildman–Crippen LogP) is 3.76. The van der Waals surface area contributed by atoms with Crippen molar-refractivity contribution in [2.75, 3.05) is 27.9 Å². The minimum Gasteiger partial charge on any atom is -0.493 e. The van der Waals surface area contributed by atoms with Crippen molar-refractivity contribution in [3.63, 3.8) is 0 Å². The molecule has 0 unspecified atom stereocenters. The topological polar surface area (TPSA) is 89.5 Å². The number of thioether (sulfide) groups is 1. The summed E-state index contributed by atoms with van der Waals surface area (Å²) in [5.41, 5.74) is 2.60. The van der Waals surface area contributed by atoms with Gasteiger partial charge in [-0.05, 0) is 36.7 Å². The number of allylic oxidation sites excluding steroid dienone is 1. The van der Waals surface area contributed by atoms with Crippen molar-refractivity contribution in [1.29, 1.82) is 0 Å². The Bertz CT molecular complexity index is 1040. The van der Waals surface area contributed by atoms with Crippen molar-refractivity contribution in [3.8, 4) is 11.5 Å². The molecule has 1 aliphatic carbocycles. The number of ether oxygens (including phenoxy) is 3. The Morgan fingerprint density at radius 2 is 2.00 bits per heavy atom. The molecule has 2 aliphatic heterocycles. The van der Waals surface area contributed by atoms with E-state index in [2.05, 4.69) is 5.32 Å². The van der Waals surface area contributed by atoms with Gasteiger partial charge in [0.2, 0.25) is 5.91 Å². The van der Waals surface area contributed by atoms with E-state index in [9.17, 15) is 9.59 Å². The fourth-order valence-corrected chi connectivity index (χ4v) is 5.08. The van der Waals surface area contributed by atoms with Crippen molar-refractivity contribution in [3.05, 3.63) is 46.1 Å². The molecule has 1 N–H and O–H groups in total. The smallest absolute Gasteiger partial charge is 0.338 e. The maximum absolute atomic E-state index is 13.0. The Morgan fingerprint density at radius 1 is 1.21 bits per heavy atom. The van der Waals surface area contributed by atoms with E-state index in [1.807, 2.05) is 35.4 Å². The summed E-state index contributed by atoms with van der Waals surface area (Å²) in [6, 6.07) is 5.00. The van der Waals surface area contributed by atoms with Gasteiger partial charge in [0.25, 0.3) is 0 Å². The molecule has 1 amide bonds. The number of amides is 1. The standard InChI is InChI=1S/C24H29N3O5S/c1-5-17-20(23(29)32-4)21(16-7-6-8-18(30-2)22(16)31-3)27-15(13-33-24(27)26-17)11-19(28)25-12-14-9-10-14/h6-8,13-14,21H,5,9-12H2,1-4H3,(H,25,28)/t21-/m1/s1. The number of nitrogens with zero attached hydrogens (tertiary/aromatic N) is 2. The maximum Gasteiger partial charge on any atom is 0.338 e. The molecule has 1 atom stereocenters. The second kappa shape index (κ2) is 9.91. The van der Waals surface area contributed by atoms with Gasteiger partial charge < -0.3 is 24.4 Å². The third-order valence-corrected chi connectivity index (χ3v) is 6.87. The van der Waals surface area contributed by atoms with E-state index in [1.165, 1.54) is 31.7 Å². The van der Waals surface area contributed by atoms with Crippen molar-refractivity contribution < 1.29 is 23.8 Å². The van der Waals surface area contributed by atoms with E-state index in [0.29, 0.717) is 41.7 Å². The van der Waals surface area contributed by atoms with Crippen LogP contribution in [0.3, 0.4) is 0 Å². The number of methoxy groups -OCH3 is 3. The van der Waals surface area contributed by atoms with Gasteiger partial charge >= 0.3 is 5.97 Å². The molecule has 1 fully saturated rings. The number of amidine groups is 1. The highest BCUT2D eigenvalue weighted by atomic mass is 32.2. The fraction of sp³-hybridized carbons (Fsp3) is 0.458. The molecule has 1 aromatic carbocycles. The number of carbonyl (C=O) groups excluding carboxylic acids is 2. The minimum atomic E-state index is -0.567. The molecule has 0 spiro atoms. The average molecular weight is 472 g/mol. The third-order valence-electron chi connectivity index (χ3n) is 5.98. The number of hydrogen-bond donors (Lipinski definition) is 1. The highest BCUT2D eigenvalue weighted by molar-refractivity contribution is 8.16. The quantitative estimate of drug-likeness (QED) is 0.549. The molecule has 4 rings (SSSR count). The number of fused-ring (bicyclic) bond motifs is 1. The molecule has 0 saturated heterocycles. The van der Waals surface area contributed by atoms with E-state index in [1.54, 1.807) is 14.2 Å². The van der Waals surface area contributed by atoms with Crippen LogP contribution in [0.5, 0.6) is 11.5 Å². The van der Waals surface area contributed by atoms with Gasteiger partial charge in [0.05, 0.1) is 45.1 Å². The van der Waals surface area contributed by atoms with Crippen LogP contribution >= 0.6 is 11.8 Å². The van der Waals surface area contributed by atoms with Crippen LogP contribution in [0.1, 0.15) is 44.2 Å². The highest BCUT2D eigenvalue weighted by Gasteiger charge is 2.43. The number of para-hydroxylation sites is 1. The number of hydrogen-bond acceptors (Lipinski definition) is 8. The van der Waals surface area contributed by atoms with Crippen LogP contribution in [0.2, 0.25) is 0 Å². The molecular weight excluding hydrogens is 442 g/mol. The van der Waals surface area contributed by atoms with E-state index in [0.717, 1.165) is 16.4 Å². The van der Waals surface area contributed by atoms with Gasteiger partial charge in [-0.25, -0.2) is 9.79 Å². The molecule has 0 radical (unpaired) electrons. The van der Waals surface area contributed by atoms with E-state index in [4.69, 9.17) is 19.2 Å². The highest BCUT2D eigenvalue weighted by Crippen LogP contribution is 2.49. The Balaban J connectivity index is 1.77. The number of aliphatic imine (C=N–C) groups is 1. The summed E-state index contributed by atoms with van der Waals surface area (Å²) in [5.74, 6) is 1.18. The summed E-state index contributed by atoms with van der Waals surface area (Å²) >= 11 is 1.45. The molecule has 3 aliphatic rings. The van der Waals surface area contributed by atoms with Crippen molar-refractivity contribution in [2.45, 2.75) is 38.6 Å². The Kier molecular flexibility index (Phi) is 6.97. The van der Waals surface area contributed by atoms with Crippen LogP contribution in [0.25, 0.3) is 0 Å². The van der Waals surface area contributed by atoms with E-state index >= 15 is 0 Å². The summed E-state index contributed by atoms with van der Waals surface area (Å²) in [7, 11) is 4.51. The van der Waals surface area contributed by atoms with Crippen LogP contribution < -0.4 is 14.8 Å². The monoisotopic (exact) mass is 471 g/mol. The average Bonchev–Trinajstić information content (AvgIpc) is 3.60. The number of nitrogens with one attached hydrogen (secondary N) is 1. The zero-order chi connectivity index (χ0) is 23.5. The lowest BCUT2D eigenvalue weighted by molar-refractivity contribution is -0.136. The number of rotatable bonds is 9. The first kappa shape index (κ1) is 23.2. The second-order valence-corrected chi connectivity index (χ2v) is 8.94. The number of carbonyl (C=O) groups is 2. The zero-order valence-corrected chi connectivity index (χ0v) is 20.2. The van der Waals surface area contributed by atoms with Crippen LogP contribution in [0.4, 0.5) is 0 Å². The normalized spacial score (nSPS) is 19.5. The van der Waals surface area contributed by atoms with Gasteiger partial charge in [0.15, 0.2) is 16.7 Å². The largest absolute Gasteiger partial charge is 0.493 e. The van der Waals surface area contributed by atoms with Gasteiger partial charge in [-0.15, -0.1) is 0 Å². The second-order valence-electron chi connectivity index (χ2n) is 8.11. The number of benzene rings is 1. The minimum absolute atomic E-state index is 0.0451. The first-order valence-electron chi connectivity index (χ1n) is 11.0. The van der Waals surface area contributed by atoms with Gasteiger partial charge in [-0.3, -0.25) is 4.79 Å². The lowest BCUT2D eigenvalue weighted by atomic mass is 9.92.